The maximum atomic E-state index is 12.5. The number of ether oxygens (including phenoxy) is 1. The van der Waals surface area contributed by atoms with Crippen molar-refractivity contribution in [3.8, 4) is 11.5 Å². The molecule has 1 aromatic heterocycles. The van der Waals surface area contributed by atoms with E-state index in [9.17, 15) is 21.6 Å². The molecular formula is C17H12F3NO4S. The van der Waals surface area contributed by atoms with Crippen molar-refractivity contribution in [3.63, 3.8) is 0 Å². The van der Waals surface area contributed by atoms with Crippen LogP contribution in [-0.4, -0.2) is 19.8 Å². The first-order valence-corrected chi connectivity index (χ1v) is 8.72. The zero-order valence-corrected chi connectivity index (χ0v) is 14.1. The Hall–Kier alpha value is -2.81. The van der Waals surface area contributed by atoms with E-state index in [-0.39, 0.29) is 11.3 Å². The van der Waals surface area contributed by atoms with Crippen molar-refractivity contribution in [1.82, 2.24) is 4.98 Å². The van der Waals surface area contributed by atoms with E-state index >= 15 is 0 Å². The molecule has 0 bridgehead atoms. The SMILES string of the molecule is Cc1ccc2cccc(OS(=O)(=O)c3ccccc3OC(F)(F)F)c2n1. The first-order chi connectivity index (χ1) is 12.2. The zero-order valence-electron chi connectivity index (χ0n) is 13.3. The van der Waals surface area contributed by atoms with Crippen LogP contribution in [0, 0.1) is 6.92 Å². The fraction of sp³-hybridized carbons (Fsp3) is 0.118. The van der Waals surface area contributed by atoms with E-state index in [0.717, 1.165) is 12.1 Å². The number of fused-ring (bicyclic) bond motifs is 1. The molecule has 0 aliphatic rings. The minimum Gasteiger partial charge on any atom is -0.404 e. The Morgan fingerprint density at radius 3 is 2.35 bits per heavy atom. The van der Waals surface area contributed by atoms with Crippen LogP contribution >= 0.6 is 0 Å². The number of hydrogen-bond acceptors (Lipinski definition) is 5. The summed E-state index contributed by atoms with van der Waals surface area (Å²) >= 11 is 0. The van der Waals surface area contributed by atoms with Crippen LogP contribution in [0.3, 0.4) is 0 Å². The quantitative estimate of drug-likeness (QED) is 0.632. The van der Waals surface area contributed by atoms with Gasteiger partial charge in [-0.25, -0.2) is 4.98 Å². The molecule has 136 valence electrons. The topological polar surface area (TPSA) is 65.5 Å². The average molecular weight is 383 g/mol. The molecule has 3 rings (SSSR count). The Morgan fingerprint density at radius 2 is 1.62 bits per heavy atom. The molecule has 26 heavy (non-hydrogen) atoms. The lowest BCUT2D eigenvalue weighted by molar-refractivity contribution is -0.275. The lowest BCUT2D eigenvalue weighted by Gasteiger charge is -2.14. The van der Waals surface area contributed by atoms with Crippen LogP contribution in [0.5, 0.6) is 11.5 Å². The van der Waals surface area contributed by atoms with Crippen molar-refractivity contribution in [2.75, 3.05) is 0 Å². The van der Waals surface area contributed by atoms with Crippen LogP contribution in [-0.2, 0) is 10.1 Å². The molecule has 2 aromatic carbocycles. The Morgan fingerprint density at radius 1 is 0.923 bits per heavy atom. The molecule has 3 aromatic rings. The summed E-state index contributed by atoms with van der Waals surface area (Å²) in [5.41, 5.74) is 0.914. The molecule has 1 heterocycles. The Kier molecular flexibility index (Phi) is 4.49. The molecule has 9 heteroatoms. The number of pyridine rings is 1. The van der Waals surface area contributed by atoms with Crippen molar-refractivity contribution in [3.05, 3.63) is 60.3 Å². The second-order valence-electron chi connectivity index (χ2n) is 5.31. The predicted octanol–water partition coefficient (Wildman–Crippen LogP) is 4.21. The number of halogens is 3. The standard InChI is InChI=1S/C17H12F3NO4S/c1-11-9-10-12-5-4-7-14(16(12)21-11)25-26(22,23)15-8-3-2-6-13(15)24-17(18,19)20/h2-10H,1H3. The Bertz CT molecular complexity index is 1070. The summed E-state index contributed by atoms with van der Waals surface area (Å²) in [4.78, 5) is 3.50. The minimum absolute atomic E-state index is 0.0898. The van der Waals surface area contributed by atoms with Gasteiger partial charge in [-0.3, -0.25) is 0 Å². The summed E-state index contributed by atoms with van der Waals surface area (Å²) in [7, 11) is -4.59. The van der Waals surface area contributed by atoms with Crippen LogP contribution in [0.1, 0.15) is 5.69 Å². The number of aromatic nitrogens is 1. The lowest BCUT2D eigenvalue weighted by atomic mass is 10.2. The van der Waals surface area contributed by atoms with Gasteiger partial charge in [-0.15, -0.1) is 13.2 Å². The molecule has 0 amide bonds. The molecule has 0 saturated heterocycles. The maximum absolute atomic E-state index is 12.5. The summed E-state index contributed by atoms with van der Waals surface area (Å²) in [6.45, 7) is 1.72. The molecule has 0 unspecified atom stereocenters. The van der Waals surface area contributed by atoms with Crippen LogP contribution in [0.15, 0.2) is 59.5 Å². The van der Waals surface area contributed by atoms with E-state index in [1.807, 2.05) is 0 Å². The second kappa shape index (κ2) is 6.49. The Labute approximate surface area is 147 Å². The number of benzene rings is 2. The van der Waals surface area contributed by atoms with Gasteiger partial charge in [0.2, 0.25) is 0 Å². The molecule has 0 saturated carbocycles. The summed E-state index contributed by atoms with van der Waals surface area (Å²) in [5, 5.41) is 0.628. The van der Waals surface area contributed by atoms with Crippen LogP contribution in [0.2, 0.25) is 0 Å². The van der Waals surface area contributed by atoms with Gasteiger partial charge >= 0.3 is 16.5 Å². The number of aryl methyl sites for hydroxylation is 1. The van der Waals surface area contributed by atoms with Gasteiger partial charge in [-0.2, -0.15) is 8.42 Å². The second-order valence-corrected chi connectivity index (χ2v) is 6.83. The molecule has 0 N–H and O–H groups in total. The number of rotatable bonds is 4. The third-order valence-electron chi connectivity index (χ3n) is 3.37. The minimum atomic E-state index is -5.04. The lowest BCUT2D eigenvalue weighted by Crippen LogP contribution is -2.20. The van der Waals surface area contributed by atoms with E-state index < -0.39 is 27.1 Å². The van der Waals surface area contributed by atoms with Crippen molar-refractivity contribution < 1.29 is 30.5 Å². The first-order valence-electron chi connectivity index (χ1n) is 7.31. The molecule has 0 aliphatic heterocycles. The predicted molar refractivity (Wildman–Crippen MR) is 87.4 cm³/mol. The molecule has 5 nitrogen and oxygen atoms in total. The number of para-hydroxylation sites is 2. The fourth-order valence-corrected chi connectivity index (χ4v) is 3.38. The van der Waals surface area contributed by atoms with Crippen molar-refractivity contribution in [1.29, 1.82) is 0 Å². The van der Waals surface area contributed by atoms with E-state index in [0.29, 0.717) is 11.1 Å². The van der Waals surface area contributed by atoms with E-state index in [1.165, 1.54) is 18.2 Å². The van der Waals surface area contributed by atoms with Gasteiger partial charge in [0.15, 0.2) is 11.5 Å². The van der Waals surface area contributed by atoms with Crippen LogP contribution < -0.4 is 8.92 Å². The molecule has 0 spiro atoms. The normalized spacial score (nSPS) is 12.2. The van der Waals surface area contributed by atoms with Crippen molar-refractivity contribution in [2.24, 2.45) is 0 Å². The summed E-state index contributed by atoms with van der Waals surface area (Å²) in [6, 6.07) is 12.5. The summed E-state index contributed by atoms with van der Waals surface area (Å²) < 4.78 is 71.5. The highest BCUT2D eigenvalue weighted by Gasteiger charge is 2.34. The third kappa shape index (κ3) is 3.88. The van der Waals surface area contributed by atoms with Crippen LogP contribution in [0.25, 0.3) is 10.9 Å². The summed E-state index contributed by atoms with van der Waals surface area (Å²) in [5.74, 6) is -0.961. The van der Waals surface area contributed by atoms with Gasteiger partial charge in [0.05, 0.1) is 0 Å². The monoisotopic (exact) mass is 383 g/mol. The zero-order chi connectivity index (χ0) is 18.9. The van der Waals surface area contributed by atoms with Gasteiger partial charge in [-0.1, -0.05) is 30.3 Å². The van der Waals surface area contributed by atoms with Gasteiger partial charge < -0.3 is 8.92 Å². The van der Waals surface area contributed by atoms with Crippen LogP contribution in [0.4, 0.5) is 13.2 Å². The first kappa shape index (κ1) is 18.0. The Balaban J connectivity index is 2.05. The maximum Gasteiger partial charge on any atom is 0.573 e. The fourth-order valence-electron chi connectivity index (χ4n) is 2.31. The molecule has 0 atom stereocenters. The summed E-state index contributed by atoms with van der Waals surface area (Å²) in [6.07, 6.45) is -5.04. The van der Waals surface area contributed by atoms with Gasteiger partial charge in [-0.05, 0) is 31.2 Å². The number of hydrogen-bond donors (Lipinski definition) is 0. The highest BCUT2D eigenvalue weighted by Crippen LogP contribution is 2.33. The van der Waals surface area contributed by atoms with Gasteiger partial charge in [0.25, 0.3) is 0 Å². The van der Waals surface area contributed by atoms with E-state index in [1.54, 1.807) is 31.2 Å². The smallest absolute Gasteiger partial charge is 0.404 e. The molecular weight excluding hydrogens is 371 g/mol. The number of alkyl halides is 3. The highest BCUT2D eigenvalue weighted by molar-refractivity contribution is 7.87. The van der Waals surface area contributed by atoms with Gasteiger partial charge in [0, 0.05) is 11.1 Å². The highest BCUT2D eigenvalue weighted by atomic mass is 32.2. The largest absolute Gasteiger partial charge is 0.573 e. The molecule has 0 fully saturated rings. The van der Waals surface area contributed by atoms with E-state index in [4.69, 9.17) is 4.18 Å². The van der Waals surface area contributed by atoms with Gasteiger partial charge in [0.1, 0.15) is 10.4 Å². The van der Waals surface area contributed by atoms with Crippen molar-refractivity contribution in [2.45, 2.75) is 18.2 Å². The van der Waals surface area contributed by atoms with Crippen molar-refractivity contribution >= 4 is 21.0 Å². The van der Waals surface area contributed by atoms with E-state index in [2.05, 4.69) is 9.72 Å². The third-order valence-corrected chi connectivity index (χ3v) is 4.64. The average Bonchev–Trinajstić information content (AvgIpc) is 2.54. The number of nitrogens with zero attached hydrogens (tertiary/aromatic N) is 1. The molecule has 0 radical (unpaired) electrons. The molecule has 0 aliphatic carbocycles.